The van der Waals surface area contributed by atoms with Crippen LogP contribution in [0.3, 0.4) is 0 Å². The van der Waals surface area contributed by atoms with Crippen LogP contribution in [0.25, 0.3) is 26.6 Å². The van der Waals surface area contributed by atoms with Gasteiger partial charge in [-0.05, 0) is 29.6 Å². The largest absolute Gasteiger partial charge is 5.00 e. The first-order chi connectivity index (χ1) is 22.2. The van der Waals surface area contributed by atoms with E-state index < -0.39 is 0 Å². The van der Waals surface area contributed by atoms with Gasteiger partial charge in [0.15, 0.2) is 0 Å². The molecule has 0 spiro atoms. The molecule has 0 atom stereocenters. The third-order valence-electron chi connectivity index (χ3n) is 6.96. The Hall–Kier alpha value is -2.06. The third-order valence-corrected chi connectivity index (χ3v) is 6.96. The maximum absolute atomic E-state index is 4.25. The Morgan fingerprint density at radius 1 is 0.283 bits per heavy atom. The number of hydrogen-bond acceptors (Lipinski definition) is 0. The van der Waals surface area contributed by atoms with Crippen molar-refractivity contribution in [2.75, 3.05) is 65.4 Å². The smallest absolute Gasteiger partial charge is 0.662 e. The molecule has 0 aromatic rings. The molecular weight excluding hydrogens is 643 g/mol. The molecule has 0 unspecified atom stereocenters. The van der Waals surface area contributed by atoms with Gasteiger partial charge in [-0.2, -0.15) is 32.7 Å². The summed E-state index contributed by atoms with van der Waals surface area (Å²) in [5, 5.41) is 21.3. The molecule has 5 rings (SSSR count). The zero-order valence-electron chi connectivity index (χ0n) is 29.2. The van der Waals surface area contributed by atoms with Gasteiger partial charge >= 0.3 is 22.4 Å². The van der Waals surface area contributed by atoms with Crippen LogP contribution < -0.4 is 0 Å². The van der Waals surface area contributed by atoms with Gasteiger partial charge < -0.3 is 26.6 Å². The average molecular weight is 704 g/mol. The van der Waals surface area contributed by atoms with E-state index in [9.17, 15) is 0 Å². The second-order valence-corrected chi connectivity index (χ2v) is 10.8. The maximum Gasteiger partial charge on any atom is 5.00 e. The summed E-state index contributed by atoms with van der Waals surface area (Å²) in [6, 6.07) is 0. The van der Waals surface area contributed by atoms with Gasteiger partial charge in [-0.25, -0.2) is 0 Å². The normalized spacial score (nSPS) is 17.1. The summed E-state index contributed by atoms with van der Waals surface area (Å²) in [5.41, 5.74) is 0. The van der Waals surface area contributed by atoms with Crippen molar-refractivity contribution in [3.05, 3.63) is 148 Å². The van der Waals surface area contributed by atoms with Gasteiger partial charge in [0.05, 0.1) is 0 Å². The second-order valence-electron chi connectivity index (χ2n) is 10.8. The van der Waals surface area contributed by atoms with Crippen molar-refractivity contribution < 1.29 is 22.4 Å². The van der Waals surface area contributed by atoms with E-state index in [2.05, 4.69) is 183 Å². The first kappa shape index (κ1) is 43.9. The van der Waals surface area contributed by atoms with Crippen molar-refractivity contribution in [3.63, 3.8) is 0 Å². The van der Waals surface area contributed by atoms with Crippen molar-refractivity contribution in [1.29, 1.82) is 0 Å². The van der Waals surface area contributed by atoms with Gasteiger partial charge in [-0.3, -0.25) is 0 Å². The van der Waals surface area contributed by atoms with E-state index in [1.807, 2.05) is 0 Å². The first-order valence-electron chi connectivity index (χ1n) is 17.1. The number of hydrogen-bond donors (Lipinski definition) is 0. The SMILES string of the molecule is CC[N-]CC1C=CC=C1.CC[N-]CC1C=CC=C1.CC[N-]CC1C=CC=C1.CC[N-]CC1C=CC=C1.CC[N-]CC1C=CC=C1.[Nb+5]. The molecule has 0 amide bonds. The molecule has 0 N–H and O–H groups in total. The molecule has 0 saturated heterocycles. The fourth-order valence-electron chi connectivity index (χ4n) is 4.39. The summed E-state index contributed by atoms with van der Waals surface area (Å²) in [4.78, 5) is 0. The third kappa shape index (κ3) is 25.1. The molecule has 0 aromatic heterocycles. The summed E-state index contributed by atoms with van der Waals surface area (Å²) in [6.07, 6.45) is 42.6. The van der Waals surface area contributed by atoms with Crippen molar-refractivity contribution in [2.24, 2.45) is 29.6 Å². The molecule has 0 heterocycles. The summed E-state index contributed by atoms with van der Waals surface area (Å²) in [6.45, 7) is 19.9. The van der Waals surface area contributed by atoms with Crippen LogP contribution in [0.2, 0.25) is 0 Å². The van der Waals surface area contributed by atoms with E-state index in [1.54, 1.807) is 0 Å². The molecule has 0 aromatic carbocycles. The zero-order valence-corrected chi connectivity index (χ0v) is 31.4. The number of nitrogens with zero attached hydrogens (tertiary/aromatic N) is 5. The van der Waals surface area contributed by atoms with E-state index in [1.165, 1.54) is 0 Å². The Labute approximate surface area is 298 Å². The minimum absolute atomic E-state index is 0. The molecule has 0 radical (unpaired) electrons. The van der Waals surface area contributed by atoms with Gasteiger partial charge in [-0.1, -0.05) is 156 Å². The predicted octanol–water partition coefficient (Wildman–Crippen LogP) is 10.6. The molecule has 0 fully saturated rings. The Morgan fingerprint density at radius 3 is 0.522 bits per heavy atom. The van der Waals surface area contributed by atoms with Crippen molar-refractivity contribution in [2.45, 2.75) is 34.6 Å². The van der Waals surface area contributed by atoms with Crippen LogP contribution in [-0.2, 0) is 22.4 Å². The molecule has 5 aliphatic carbocycles. The van der Waals surface area contributed by atoms with Crippen LogP contribution in [0, 0.1) is 29.6 Å². The van der Waals surface area contributed by atoms with E-state index in [4.69, 9.17) is 0 Å². The molecule has 5 nitrogen and oxygen atoms in total. The van der Waals surface area contributed by atoms with Gasteiger partial charge in [0, 0.05) is 0 Å². The Balaban J connectivity index is 0.000000547. The standard InChI is InChI=1S/5C8H12N.Nb/c5*1-2-9-7-8-5-3-4-6-8;/h5*3-6,8H,2,7H2,1H3;/q5*-1;+5. The summed E-state index contributed by atoms with van der Waals surface area (Å²) in [5.74, 6) is 2.94. The minimum atomic E-state index is 0. The first-order valence-corrected chi connectivity index (χ1v) is 17.1. The van der Waals surface area contributed by atoms with Gasteiger partial charge in [0.25, 0.3) is 0 Å². The average Bonchev–Trinajstić information content (AvgIpc) is 3.91. The zero-order chi connectivity index (χ0) is 32.6. The minimum Gasteiger partial charge on any atom is -0.662 e. The summed E-state index contributed by atoms with van der Waals surface area (Å²) in [7, 11) is 0. The maximum atomic E-state index is 4.25. The summed E-state index contributed by atoms with van der Waals surface area (Å²) >= 11 is 0. The molecule has 5 aliphatic rings. The molecule has 250 valence electrons. The Bertz CT molecular complexity index is 755. The number of allylic oxidation sites excluding steroid dienone is 10. The van der Waals surface area contributed by atoms with Gasteiger partial charge in [0.1, 0.15) is 0 Å². The van der Waals surface area contributed by atoms with Crippen LogP contribution in [0.4, 0.5) is 0 Å². The quantitative estimate of drug-likeness (QED) is 0.152. The topological polar surface area (TPSA) is 70.5 Å². The van der Waals surface area contributed by atoms with Crippen LogP contribution in [-0.4, -0.2) is 65.4 Å². The van der Waals surface area contributed by atoms with Crippen molar-refractivity contribution in [3.8, 4) is 0 Å². The van der Waals surface area contributed by atoms with Crippen LogP contribution in [0.1, 0.15) is 34.6 Å². The molecule has 0 aliphatic heterocycles. The van der Waals surface area contributed by atoms with Crippen molar-refractivity contribution >= 4 is 0 Å². The van der Waals surface area contributed by atoms with Crippen LogP contribution >= 0.6 is 0 Å². The summed E-state index contributed by atoms with van der Waals surface area (Å²) < 4.78 is 0. The van der Waals surface area contributed by atoms with Crippen LogP contribution in [0.15, 0.2) is 122 Å². The molecule has 6 heteroatoms. The second kappa shape index (κ2) is 32.9. The van der Waals surface area contributed by atoms with Crippen molar-refractivity contribution in [1.82, 2.24) is 0 Å². The Morgan fingerprint density at radius 2 is 0.413 bits per heavy atom. The predicted molar refractivity (Wildman–Crippen MR) is 203 cm³/mol. The van der Waals surface area contributed by atoms with E-state index in [0.29, 0.717) is 29.6 Å². The van der Waals surface area contributed by atoms with Gasteiger partial charge in [-0.15, -0.1) is 32.7 Å². The van der Waals surface area contributed by atoms with E-state index >= 15 is 0 Å². The fourth-order valence-corrected chi connectivity index (χ4v) is 4.39. The van der Waals surface area contributed by atoms with Crippen LogP contribution in [0.5, 0.6) is 0 Å². The monoisotopic (exact) mass is 703 g/mol. The molecule has 0 saturated carbocycles. The fraction of sp³-hybridized carbons (Fsp3) is 0.500. The molecule has 0 bridgehead atoms. The molecule has 46 heavy (non-hydrogen) atoms. The van der Waals surface area contributed by atoms with E-state index in [-0.39, 0.29) is 22.4 Å². The Kier molecular flexibility index (Phi) is 31.4. The number of rotatable bonds is 15. The van der Waals surface area contributed by atoms with E-state index in [0.717, 1.165) is 65.4 Å². The van der Waals surface area contributed by atoms with Gasteiger partial charge in [0.2, 0.25) is 0 Å². The molecular formula is C40H60N5Nb.